The van der Waals surface area contributed by atoms with E-state index in [9.17, 15) is 4.79 Å². The van der Waals surface area contributed by atoms with Crippen molar-refractivity contribution < 1.29 is 4.79 Å². The Morgan fingerprint density at radius 1 is 1.33 bits per heavy atom. The lowest BCUT2D eigenvalue weighted by Gasteiger charge is -2.15. The molecule has 0 radical (unpaired) electrons. The van der Waals surface area contributed by atoms with Crippen molar-refractivity contribution in [3.63, 3.8) is 0 Å². The summed E-state index contributed by atoms with van der Waals surface area (Å²) in [6, 6.07) is 0.274. The first-order valence-corrected chi connectivity index (χ1v) is 7.08. The van der Waals surface area contributed by atoms with Gasteiger partial charge in [-0.25, -0.2) is 9.67 Å². The molecule has 0 unspecified atom stereocenters. The first kappa shape index (κ1) is 11.9. The maximum atomic E-state index is 12.5. The number of carbonyl (C=O) groups excluding carboxylic acids is 1. The SMILES string of the molecule is CC(C)n1ncnc1CC(=O)C(C1CC1)C1CC1. The molecule has 0 bridgehead atoms. The van der Waals surface area contributed by atoms with Gasteiger partial charge in [-0.2, -0.15) is 5.10 Å². The predicted octanol–water partition coefficient (Wildman–Crippen LogP) is 2.41. The Bertz CT molecular complexity index is 432. The summed E-state index contributed by atoms with van der Waals surface area (Å²) in [5.74, 6) is 2.92. The zero-order valence-corrected chi connectivity index (χ0v) is 11.2. The summed E-state index contributed by atoms with van der Waals surface area (Å²) >= 11 is 0. The standard InChI is InChI=1S/C14H21N3O/c1-9(2)17-13(15-8-16-17)7-12(18)14(10-3-4-10)11-5-6-11/h8-11,14H,3-7H2,1-2H3. The first-order valence-electron chi connectivity index (χ1n) is 7.08. The van der Waals surface area contributed by atoms with Gasteiger partial charge in [0.2, 0.25) is 0 Å². The van der Waals surface area contributed by atoms with Crippen molar-refractivity contribution >= 4 is 5.78 Å². The van der Waals surface area contributed by atoms with Gasteiger partial charge in [-0.15, -0.1) is 0 Å². The monoisotopic (exact) mass is 247 g/mol. The number of ketones is 1. The highest BCUT2D eigenvalue weighted by atomic mass is 16.1. The van der Waals surface area contributed by atoms with Gasteiger partial charge in [-0.05, 0) is 51.4 Å². The van der Waals surface area contributed by atoms with Gasteiger partial charge in [0.15, 0.2) is 0 Å². The second kappa shape index (κ2) is 4.48. The van der Waals surface area contributed by atoms with E-state index in [-0.39, 0.29) is 6.04 Å². The molecule has 3 rings (SSSR count). The highest BCUT2D eigenvalue weighted by Crippen LogP contribution is 2.49. The molecule has 2 aliphatic rings. The minimum atomic E-state index is 0.274. The minimum absolute atomic E-state index is 0.274. The van der Waals surface area contributed by atoms with Crippen LogP contribution in [0.2, 0.25) is 0 Å². The van der Waals surface area contributed by atoms with Gasteiger partial charge in [0.1, 0.15) is 17.9 Å². The van der Waals surface area contributed by atoms with Crippen LogP contribution in [0.1, 0.15) is 51.4 Å². The lowest BCUT2D eigenvalue weighted by molar-refractivity contribution is -0.123. The van der Waals surface area contributed by atoms with Gasteiger partial charge < -0.3 is 0 Å². The summed E-state index contributed by atoms with van der Waals surface area (Å²) in [4.78, 5) is 16.7. The van der Waals surface area contributed by atoms with Gasteiger partial charge in [-0.3, -0.25) is 4.79 Å². The van der Waals surface area contributed by atoms with E-state index in [0.717, 1.165) is 5.82 Å². The molecule has 4 nitrogen and oxygen atoms in total. The maximum Gasteiger partial charge on any atom is 0.144 e. The molecule has 2 saturated carbocycles. The van der Waals surface area contributed by atoms with E-state index < -0.39 is 0 Å². The molecule has 98 valence electrons. The van der Waals surface area contributed by atoms with Crippen molar-refractivity contribution in [2.75, 3.05) is 0 Å². The van der Waals surface area contributed by atoms with E-state index in [2.05, 4.69) is 23.9 Å². The van der Waals surface area contributed by atoms with Crippen molar-refractivity contribution in [3.8, 4) is 0 Å². The molecule has 1 aromatic rings. The molecular weight excluding hydrogens is 226 g/mol. The van der Waals surface area contributed by atoms with E-state index in [1.54, 1.807) is 6.33 Å². The van der Waals surface area contributed by atoms with Crippen LogP contribution in [0.4, 0.5) is 0 Å². The van der Waals surface area contributed by atoms with Crippen molar-refractivity contribution in [3.05, 3.63) is 12.2 Å². The Balaban J connectivity index is 1.70. The molecular formula is C14H21N3O. The molecule has 0 aliphatic heterocycles. The third kappa shape index (κ3) is 2.33. The summed E-state index contributed by atoms with van der Waals surface area (Å²) in [5, 5.41) is 4.20. The Kier molecular flexibility index (Phi) is 2.96. The topological polar surface area (TPSA) is 47.8 Å². The van der Waals surface area contributed by atoms with Crippen molar-refractivity contribution in [1.29, 1.82) is 0 Å². The van der Waals surface area contributed by atoms with Crippen LogP contribution in [0, 0.1) is 17.8 Å². The highest BCUT2D eigenvalue weighted by Gasteiger charge is 2.45. The fraction of sp³-hybridized carbons (Fsp3) is 0.786. The van der Waals surface area contributed by atoms with Gasteiger partial charge in [-0.1, -0.05) is 0 Å². The Labute approximate surface area is 108 Å². The number of rotatable bonds is 6. The summed E-state index contributed by atoms with van der Waals surface area (Å²) in [6.45, 7) is 4.14. The molecule has 0 atom stereocenters. The van der Waals surface area contributed by atoms with Crippen LogP contribution in [-0.4, -0.2) is 20.5 Å². The number of nitrogens with zero attached hydrogens (tertiary/aromatic N) is 3. The molecule has 0 amide bonds. The Hall–Kier alpha value is -1.19. The molecule has 4 heteroatoms. The molecule has 1 aromatic heterocycles. The quantitative estimate of drug-likeness (QED) is 0.775. The smallest absolute Gasteiger partial charge is 0.144 e. The first-order chi connectivity index (χ1) is 8.66. The third-order valence-corrected chi connectivity index (χ3v) is 4.10. The van der Waals surface area contributed by atoms with Crippen LogP contribution >= 0.6 is 0 Å². The molecule has 0 N–H and O–H groups in total. The second-order valence-electron chi connectivity index (χ2n) is 6.06. The van der Waals surface area contributed by atoms with Crippen molar-refractivity contribution in [1.82, 2.24) is 14.8 Å². The van der Waals surface area contributed by atoms with Crippen LogP contribution in [0.15, 0.2) is 6.33 Å². The van der Waals surface area contributed by atoms with Gasteiger partial charge >= 0.3 is 0 Å². The highest BCUT2D eigenvalue weighted by molar-refractivity contribution is 5.83. The molecule has 2 aliphatic carbocycles. The number of hydrogen-bond acceptors (Lipinski definition) is 3. The second-order valence-corrected chi connectivity index (χ2v) is 6.06. The predicted molar refractivity (Wildman–Crippen MR) is 68.1 cm³/mol. The number of hydrogen-bond donors (Lipinski definition) is 0. The third-order valence-electron chi connectivity index (χ3n) is 4.10. The van der Waals surface area contributed by atoms with Crippen LogP contribution < -0.4 is 0 Å². The van der Waals surface area contributed by atoms with E-state index >= 15 is 0 Å². The van der Waals surface area contributed by atoms with Gasteiger partial charge in [0.25, 0.3) is 0 Å². The molecule has 0 aromatic carbocycles. The fourth-order valence-corrected chi connectivity index (χ4v) is 2.93. The molecule has 0 spiro atoms. The summed E-state index contributed by atoms with van der Waals surface area (Å²) in [5.41, 5.74) is 0. The average Bonchev–Trinajstić information content (AvgIpc) is 3.22. The maximum absolute atomic E-state index is 12.5. The average molecular weight is 247 g/mol. The van der Waals surface area contributed by atoms with E-state index in [1.165, 1.54) is 25.7 Å². The molecule has 0 saturated heterocycles. The fourth-order valence-electron chi connectivity index (χ4n) is 2.93. The summed E-state index contributed by atoms with van der Waals surface area (Å²) in [6.07, 6.45) is 7.04. The van der Waals surface area contributed by atoms with E-state index in [0.29, 0.717) is 30.0 Å². The lowest BCUT2D eigenvalue weighted by Crippen LogP contribution is -2.23. The Morgan fingerprint density at radius 2 is 1.94 bits per heavy atom. The van der Waals surface area contributed by atoms with E-state index in [4.69, 9.17) is 0 Å². The lowest BCUT2D eigenvalue weighted by atomic mass is 9.91. The number of aromatic nitrogens is 3. The van der Waals surface area contributed by atoms with Gasteiger partial charge in [0, 0.05) is 12.0 Å². The van der Waals surface area contributed by atoms with Crippen LogP contribution in [0.5, 0.6) is 0 Å². The molecule has 2 fully saturated rings. The number of carbonyl (C=O) groups is 1. The van der Waals surface area contributed by atoms with Crippen LogP contribution in [0.3, 0.4) is 0 Å². The molecule has 1 heterocycles. The van der Waals surface area contributed by atoms with Gasteiger partial charge in [0.05, 0.1) is 6.42 Å². The summed E-state index contributed by atoms with van der Waals surface area (Å²) in [7, 11) is 0. The largest absolute Gasteiger partial charge is 0.299 e. The normalized spacial score (nSPS) is 19.8. The number of Topliss-reactive ketones (excluding diaryl/α,β-unsaturated/α-hetero) is 1. The minimum Gasteiger partial charge on any atom is -0.299 e. The van der Waals surface area contributed by atoms with Crippen molar-refractivity contribution in [2.24, 2.45) is 17.8 Å². The van der Waals surface area contributed by atoms with E-state index in [1.807, 2.05) is 4.68 Å². The van der Waals surface area contributed by atoms with Crippen LogP contribution in [-0.2, 0) is 11.2 Å². The zero-order chi connectivity index (χ0) is 12.7. The van der Waals surface area contributed by atoms with Crippen LogP contribution in [0.25, 0.3) is 0 Å². The van der Waals surface area contributed by atoms with Crippen molar-refractivity contribution in [2.45, 2.75) is 52.0 Å². The Morgan fingerprint density at radius 3 is 2.44 bits per heavy atom. The zero-order valence-electron chi connectivity index (χ0n) is 11.2. The summed E-state index contributed by atoms with van der Waals surface area (Å²) < 4.78 is 1.87. The molecule has 18 heavy (non-hydrogen) atoms.